The van der Waals surface area contributed by atoms with Gasteiger partial charge in [0.15, 0.2) is 0 Å². The molecule has 0 spiro atoms. The number of hydrogen-bond donors (Lipinski definition) is 2. The number of H-pyrrole nitrogens is 1. The second-order valence-electron chi connectivity index (χ2n) is 7.49. The Labute approximate surface area is 162 Å². The predicted molar refractivity (Wildman–Crippen MR) is 105 cm³/mol. The van der Waals surface area contributed by atoms with Gasteiger partial charge in [-0.2, -0.15) is 0 Å². The summed E-state index contributed by atoms with van der Waals surface area (Å²) in [6.45, 7) is 5.38. The minimum absolute atomic E-state index is 0.115. The van der Waals surface area contributed by atoms with Gasteiger partial charge in [0, 0.05) is 25.4 Å². The van der Waals surface area contributed by atoms with Crippen molar-refractivity contribution in [2.75, 3.05) is 18.4 Å². The van der Waals surface area contributed by atoms with E-state index in [0.717, 1.165) is 11.0 Å². The highest BCUT2D eigenvalue weighted by Gasteiger charge is 2.27. The first-order valence-electron chi connectivity index (χ1n) is 9.31. The number of aromatic nitrogens is 2. The van der Waals surface area contributed by atoms with E-state index < -0.39 is 17.2 Å². The predicted octanol–water partition coefficient (Wildman–Crippen LogP) is 1.29. The summed E-state index contributed by atoms with van der Waals surface area (Å²) >= 11 is 0. The molecule has 1 aliphatic rings. The van der Waals surface area contributed by atoms with Crippen molar-refractivity contribution in [2.24, 2.45) is 11.8 Å². The number of piperidine rings is 1. The van der Waals surface area contributed by atoms with Gasteiger partial charge in [-0.1, -0.05) is 26.0 Å². The first-order valence-corrected chi connectivity index (χ1v) is 9.31. The van der Waals surface area contributed by atoms with E-state index in [9.17, 15) is 19.2 Å². The van der Waals surface area contributed by atoms with Crippen LogP contribution in [0.25, 0.3) is 0 Å². The van der Waals surface area contributed by atoms with Crippen LogP contribution in [-0.4, -0.2) is 39.4 Å². The monoisotopic (exact) mass is 384 g/mol. The van der Waals surface area contributed by atoms with Crippen LogP contribution in [0.1, 0.15) is 30.6 Å². The van der Waals surface area contributed by atoms with Crippen LogP contribution in [0.15, 0.2) is 46.1 Å². The maximum absolute atomic E-state index is 13.0. The van der Waals surface area contributed by atoms with E-state index in [1.54, 1.807) is 24.3 Å². The topological polar surface area (TPSA) is 104 Å². The molecule has 0 aliphatic carbocycles. The van der Waals surface area contributed by atoms with Gasteiger partial charge >= 0.3 is 5.69 Å². The second kappa shape index (κ2) is 8.24. The van der Waals surface area contributed by atoms with E-state index in [-0.39, 0.29) is 12.5 Å². The summed E-state index contributed by atoms with van der Waals surface area (Å²) in [4.78, 5) is 52.2. The standard InChI is InChI=1S/C20H24N4O4/c1-13-9-14(2)11-24(10-13)19(27)15-5-3-4-6-16(15)21-18(26)12-23-8-7-17(25)22-20(23)28/h3-8,13-14H,9-12H2,1-2H3,(H,21,26)(H,22,25,28). The molecule has 8 nitrogen and oxygen atoms in total. The minimum atomic E-state index is -0.664. The third-order valence-electron chi connectivity index (χ3n) is 4.80. The number of carbonyl (C=O) groups excluding carboxylic acids is 2. The number of rotatable bonds is 4. The Balaban J connectivity index is 1.76. The molecule has 0 bridgehead atoms. The van der Waals surface area contributed by atoms with Crippen LogP contribution in [0.2, 0.25) is 0 Å². The fourth-order valence-electron chi connectivity index (χ4n) is 3.69. The summed E-state index contributed by atoms with van der Waals surface area (Å²) in [5.74, 6) is 0.286. The zero-order chi connectivity index (χ0) is 20.3. The van der Waals surface area contributed by atoms with E-state index in [2.05, 4.69) is 24.1 Å². The van der Waals surface area contributed by atoms with E-state index in [1.807, 2.05) is 4.90 Å². The van der Waals surface area contributed by atoms with Gasteiger partial charge in [0.1, 0.15) is 6.54 Å². The van der Waals surface area contributed by atoms with Gasteiger partial charge in [-0.25, -0.2) is 4.79 Å². The van der Waals surface area contributed by atoms with Crippen LogP contribution in [0.3, 0.4) is 0 Å². The summed E-state index contributed by atoms with van der Waals surface area (Å²) in [7, 11) is 0. The maximum Gasteiger partial charge on any atom is 0.328 e. The Morgan fingerprint density at radius 2 is 1.79 bits per heavy atom. The van der Waals surface area contributed by atoms with Crippen molar-refractivity contribution in [3.05, 3.63) is 62.9 Å². The fourth-order valence-corrected chi connectivity index (χ4v) is 3.69. The van der Waals surface area contributed by atoms with Gasteiger partial charge in [-0.3, -0.25) is 23.9 Å². The molecule has 1 aromatic heterocycles. The van der Waals surface area contributed by atoms with Crippen LogP contribution >= 0.6 is 0 Å². The number of nitrogens with one attached hydrogen (secondary N) is 2. The second-order valence-corrected chi connectivity index (χ2v) is 7.49. The van der Waals surface area contributed by atoms with E-state index >= 15 is 0 Å². The lowest BCUT2D eigenvalue weighted by Gasteiger charge is -2.35. The molecule has 2 N–H and O–H groups in total. The minimum Gasteiger partial charge on any atom is -0.338 e. The first-order chi connectivity index (χ1) is 13.3. The highest BCUT2D eigenvalue weighted by Crippen LogP contribution is 2.25. The normalized spacial score (nSPS) is 19.3. The van der Waals surface area contributed by atoms with E-state index in [4.69, 9.17) is 0 Å². The molecule has 1 saturated heterocycles. The van der Waals surface area contributed by atoms with Crippen LogP contribution in [-0.2, 0) is 11.3 Å². The number of para-hydroxylation sites is 1. The van der Waals surface area contributed by atoms with Crippen molar-refractivity contribution in [1.29, 1.82) is 0 Å². The number of nitrogens with zero attached hydrogens (tertiary/aromatic N) is 2. The third-order valence-corrected chi connectivity index (χ3v) is 4.80. The smallest absolute Gasteiger partial charge is 0.328 e. The molecule has 2 heterocycles. The number of carbonyl (C=O) groups is 2. The van der Waals surface area contributed by atoms with Gasteiger partial charge in [0.25, 0.3) is 11.5 Å². The number of likely N-dealkylation sites (tertiary alicyclic amines) is 1. The lowest BCUT2D eigenvalue weighted by molar-refractivity contribution is -0.116. The average molecular weight is 384 g/mol. The molecule has 2 unspecified atom stereocenters. The summed E-state index contributed by atoms with van der Waals surface area (Å²) in [5.41, 5.74) is -0.363. The Morgan fingerprint density at radius 1 is 1.11 bits per heavy atom. The zero-order valence-electron chi connectivity index (χ0n) is 16.0. The third kappa shape index (κ3) is 4.57. The fraction of sp³-hybridized carbons (Fsp3) is 0.400. The molecule has 2 amide bonds. The molecular weight excluding hydrogens is 360 g/mol. The van der Waals surface area contributed by atoms with Crippen LogP contribution in [0.4, 0.5) is 5.69 Å². The lowest BCUT2D eigenvalue weighted by atomic mass is 9.91. The van der Waals surface area contributed by atoms with Crippen molar-refractivity contribution >= 4 is 17.5 Å². The average Bonchev–Trinajstić information content (AvgIpc) is 2.63. The molecule has 0 radical (unpaired) electrons. The first kappa shape index (κ1) is 19.6. The lowest BCUT2D eigenvalue weighted by Crippen LogP contribution is -2.42. The maximum atomic E-state index is 13.0. The SMILES string of the molecule is CC1CC(C)CN(C(=O)c2ccccc2NC(=O)Cn2ccc(=O)[nH]c2=O)C1. The van der Waals surface area contributed by atoms with Crippen molar-refractivity contribution in [3.63, 3.8) is 0 Å². The summed E-state index contributed by atoms with van der Waals surface area (Å²) in [6.07, 6.45) is 2.35. The molecule has 1 fully saturated rings. The van der Waals surface area contributed by atoms with Crippen molar-refractivity contribution < 1.29 is 9.59 Å². The molecule has 148 valence electrons. The van der Waals surface area contributed by atoms with Gasteiger partial charge in [-0.15, -0.1) is 0 Å². The zero-order valence-corrected chi connectivity index (χ0v) is 16.0. The molecule has 1 aromatic carbocycles. The molecule has 1 aliphatic heterocycles. The summed E-state index contributed by atoms with van der Waals surface area (Å²) < 4.78 is 1.09. The Bertz CT molecular complexity index is 984. The number of anilines is 1. The van der Waals surface area contributed by atoms with Crippen LogP contribution in [0, 0.1) is 11.8 Å². The highest BCUT2D eigenvalue weighted by molar-refractivity contribution is 6.03. The van der Waals surface area contributed by atoms with E-state index in [0.29, 0.717) is 36.2 Å². The van der Waals surface area contributed by atoms with Gasteiger partial charge in [0.2, 0.25) is 5.91 Å². The quantitative estimate of drug-likeness (QED) is 0.829. The number of hydrogen-bond acceptors (Lipinski definition) is 4. The van der Waals surface area contributed by atoms with E-state index in [1.165, 1.54) is 12.3 Å². The van der Waals surface area contributed by atoms with Crippen LogP contribution in [0.5, 0.6) is 0 Å². The Hall–Kier alpha value is -3.16. The molecular formula is C20H24N4O4. The summed E-state index contributed by atoms with van der Waals surface area (Å²) in [6, 6.07) is 8.02. The molecule has 2 atom stereocenters. The molecule has 3 rings (SSSR count). The highest BCUT2D eigenvalue weighted by atomic mass is 16.2. The Kier molecular flexibility index (Phi) is 5.77. The van der Waals surface area contributed by atoms with Gasteiger partial charge < -0.3 is 10.2 Å². The largest absolute Gasteiger partial charge is 0.338 e. The van der Waals surface area contributed by atoms with Crippen molar-refractivity contribution in [2.45, 2.75) is 26.8 Å². The van der Waals surface area contributed by atoms with Crippen molar-refractivity contribution in [3.8, 4) is 0 Å². The number of amides is 2. The van der Waals surface area contributed by atoms with Crippen molar-refractivity contribution in [1.82, 2.24) is 14.5 Å². The van der Waals surface area contributed by atoms with Gasteiger partial charge in [-0.05, 0) is 30.4 Å². The molecule has 0 saturated carbocycles. The molecule has 2 aromatic rings. The Morgan fingerprint density at radius 3 is 2.46 bits per heavy atom. The van der Waals surface area contributed by atoms with Gasteiger partial charge in [0.05, 0.1) is 11.3 Å². The van der Waals surface area contributed by atoms with Crippen LogP contribution < -0.4 is 16.6 Å². The molecule has 28 heavy (non-hydrogen) atoms. The number of aromatic amines is 1. The summed E-state index contributed by atoms with van der Waals surface area (Å²) in [5, 5.41) is 2.71. The molecule has 8 heteroatoms. The number of benzene rings is 1.